The Labute approximate surface area is 129 Å². The van der Waals surface area contributed by atoms with Gasteiger partial charge in [-0.2, -0.15) is 13.2 Å². The minimum atomic E-state index is -4.67. The van der Waals surface area contributed by atoms with E-state index >= 15 is 0 Å². The fraction of sp³-hybridized carbons (Fsp3) is 0.308. The van der Waals surface area contributed by atoms with Crippen LogP contribution in [-0.2, 0) is 29.2 Å². The molecule has 1 aromatic carbocycles. The third-order valence-electron chi connectivity index (χ3n) is 3.25. The fourth-order valence-corrected chi connectivity index (χ4v) is 3.36. The number of ether oxygens (including phenoxy) is 1. The van der Waals surface area contributed by atoms with Gasteiger partial charge in [0.15, 0.2) is 0 Å². The van der Waals surface area contributed by atoms with Crippen LogP contribution in [0.1, 0.15) is 17.0 Å². The Morgan fingerprint density at radius 2 is 2.09 bits per heavy atom. The number of nitrogens with zero attached hydrogens (tertiary/aromatic N) is 1. The zero-order valence-corrected chi connectivity index (χ0v) is 12.4. The normalized spacial score (nSPS) is 14.6. The maximum absolute atomic E-state index is 12.4. The molecule has 124 valence electrons. The number of alkyl halides is 3. The van der Waals surface area contributed by atoms with Crippen LogP contribution in [0.2, 0.25) is 0 Å². The summed E-state index contributed by atoms with van der Waals surface area (Å²) in [6, 6.07) is 5.36. The maximum atomic E-state index is 12.4. The number of hydrogen-bond acceptors (Lipinski definition) is 5. The minimum absolute atomic E-state index is 0.0490. The molecule has 0 saturated heterocycles. The zero-order valence-electron chi connectivity index (χ0n) is 11.6. The Morgan fingerprint density at radius 1 is 1.30 bits per heavy atom. The van der Waals surface area contributed by atoms with E-state index < -0.39 is 28.5 Å². The summed E-state index contributed by atoms with van der Waals surface area (Å²) in [5, 5.41) is 3.20. The number of nitrogens with one attached hydrogen (secondary N) is 1. The van der Waals surface area contributed by atoms with Crippen molar-refractivity contribution in [2.45, 2.75) is 24.0 Å². The lowest BCUT2D eigenvalue weighted by Gasteiger charge is -2.09. The molecular formula is C13H11F3N2O4S. The summed E-state index contributed by atoms with van der Waals surface area (Å²) < 4.78 is 73.4. The van der Waals surface area contributed by atoms with Gasteiger partial charge in [-0.25, -0.2) is 13.1 Å². The second-order valence-electron chi connectivity index (χ2n) is 4.85. The van der Waals surface area contributed by atoms with E-state index in [1.807, 2.05) is 0 Å². The largest absolute Gasteiger partial charge is 0.492 e. The van der Waals surface area contributed by atoms with Crippen molar-refractivity contribution in [2.24, 2.45) is 0 Å². The Balaban J connectivity index is 1.78. The topological polar surface area (TPSA) is 81.4 Å². The lowest BCUT2D eigenvalue weighted by molar-refractivity contribution is -0.155. The van der Waals surface area contributed by atoms with Crippen molar-refractivity contribution in [3.05, 3.63) is 41.3 Å². The standard InChI is InChI=1S/C13H11F3N2O4S/c14-13(15,16)11-6-9(18-22-11)7-17-23(19,20)10-3-1-2-8-4-5-21-12(8)10/h1-3,6,17H,4-5,7H2. The monoisotopic (exact) mass is 348 g/mol. The maximum Gasteiger partial charge on any atom is 0.452 e. The first-order chi connectivity index (χ1) is 10.8. The van der Waals surface area contributed by atoms with Gasteiger partial charge in [0.1, 0.15) is 10.6 Å². The van der Waals surface area contributed by atoms with Crippen molar-refractivity contribution in [3.8, 4) is 5.75 Å². The molecule has 1 aliphatic heterocycles. The Kier molecular flexibility index (Phi) is 3.80. The van der Waals surface area contributed by atoms with Gasteiger partial charge in [0, 0.05) is 12.5 Å². The Morgan fingerprint density at radius 3 is 2.78 bits per heavy atom. The molecule has 0 radical (unpaired) electrons. The highest BCUT2D eigenvalue weighted by atomic mass is 32.2. The molecule has 6 nitrogen and oxygen atoms in total. The Bertz CT molecular complexity index is 830. The van der Waals surface area contributed by atoms with Crippen molar-refractivity contribution < 1.29 is 30.8 Å². The average molecular weight is 348 g/mol. The number of para-hydroxylation sites is 1. The second kappa shape index (κ2) is 5.53. The SMILES string of the molecule is O=S(=O)(NCc1cc(C(F)(F)F)on1)c1cccc2c1OCC2. The number of fused-ring (bicyclic) bond motifs is 1. The highest BCUT2D eigenvalue weighted by Gasteiger charge is 2.36. The molecule has 0 bridgehead atoms. The molecule has 3 rings (SSSR count). The van der Waals surface area contributed by atoms with Crippen LogP contribution in [0.5, 0.6) is 5.75 Å². The van der Waals surface area contributed by atoms with Gasteiger partial charge in [-0.05, 0) is 11.6 Å². The summed E-state index contributed by atoms with van der Waals surface area (Å²) in [6.07, 6.45) is -4.06. The molecule has 2 aromatic rings. The highest BCUT2D eigenvalue weighted by Crippen LogP contribution is 2.33. The number of aromatic nitrogens is 1. The van der Waals surface area contributed by atoms with Gasteiger partial charge in [-0.1, -0.05) is 17.3 Å². The van der Waals surface area contributed by atoms with Gasteiger partial charge >= 0.3 is 6.18 Å². The molecule has 1 N–H and O–H groups in total. The van der Waals surface area contributed by atoms with Gasteiger partial charge in [-0.15, -0.1) is 0 Å². The van der Waals surface area contributed by atoms with Crippen LogP contribution in [0.15, 0.2) is 33.7 Å². The predicted molar refractivity (Wildman–Crippen MR) is 71.2 cm³/mol. The van der Waals surface area contributed by atoms with Crippen LogP contribution in [0, 0.1) is 0 Å². The molecular weight excluding hydrogens is 337 g/mol. The molecule has 0 fully saturated rings. The van der Waals surface area contributed by atoms with Crippen LogP contribution in [-0.4, -0.2) is 20.2 Å². The molecule has 1 aromatic heterocycles. The average Bonchev–Trinajstić information content (AvgIpc) is 3.13. The molecule has 0 unspecified atom stereocenters. The van der Waals surface area contributed by atoms with Crippen molar-refractivity contribution in [1.29, 1.82) is 0 Å². The quantitative estimate of drug-likeness (QED) is 0.915. The summed E-state index contributed by atoms with van der Waals surface area (Å²) in [5.41, 5.74) is 0.600. The van der Waals surface area contributed by atoms with Gasteiger partial charge in [0.05, 0.1) is 18.8 Å². The molecule has 0 saturated carbocycles. The molecule has 2 heterocycles. The van der Waals surface area contributed by atoms with E-state index in [2.05, 4.69) is 14.4 Å². The van der Waals surface area contributed by atoms with Crippen LogP contribution in [0.4, 0.5) is 13.2 Å². The number of sulfonamides is 1. The molecule has 10 heteroatoms. The number of rotatable bonds is 4. The van der Waals surface area contributed by atoms with E-state index in [0.717, 1.165) is 5.56 Å². The first-order valence-electron chi connectivity index (χ1n) is 6.54. The molecule has 0 spiro atoms. The summed E-state index contributed by atoms with van der Waals surface area (Å²) in [6.45, 7) is -0.0360. The summed E-state index contributed by atoms with van der Waals surface area (Å²) in [5.74, 6) is -1.01. The van der Waals surface area contributed by atoms with E-state index in [0.29, 0.717) is 19.1 Å². The first kappa shape index (κ1) is 15.8. The molecule has 1 aliphatic rings. The van der Waals surface area contributed by atoms with Gasteiger partial charge in [0.25, 0.3) is 0 Å². The van der Waals surface area contributed by atoms with Crippen LogP contribution < -0.4 is 9.46 Å². The first-order valence-corrected chi connectivity index (χ1v) is 8.03. The molecule has 0 aliphatic carbocycles. The molecule has 0 amide bonds. The van der Waals surface area contributed by atoms with E-state index in [-0.39, 0.29) is 16.3 Å². The van der Waals surface area contributed by atoms with Crippen molar-refractivity contribution in [3.63, 3.8) is 0 Å². The summed E-state index contributed by atoms with van der Waals surface area (Å²) >= 11 is 0. The summed E-state index contributed by atoms with van der Waals surface area (Å²) in [4.78, 5) is -0.0490. The third kappa shape index (κ3) is 3.17. The van der Waals surface area contributed by atoms with Gasteiger partial charge < -0.3 is 9.26 Å². The highest BCUT2D eigenvalue weighted by molar-refractivity contribution is 7.89. The van der Waals surface area contributed by atoms with E-state index in [4.69, 9.17) is 4.74 Å². The Hall–Kier alpha value is -2.07. The number of benzene rings is 1. The molecule has 23 heavy (non-hydrogen) atoms. The summed E-state index contributed by atoms with van der Waals surface area (Å²) in [7, 11) is -3.95. The van der Waals surface area contributed by atoms with Crippen LogP contribution in [0.25, 0.3) is 0 Å². The smallest absolute Gasteiger partial charge is 0.452 e. The van der Waals surface area contributed by atoms with E-state index in [1.165, 1.54) is 6.07 Å². The van der Waals surface area contributed by atoms with Crippen molar-refractivity contribution >= 4 is 10.0 Å². The van der Waals surface area contributed by atoms with Gasteiger partial charge in [-0.3, -0.25) is 0 Å². The number of hydrogen-bond donors (Lipinski definition) is 1. The molecule has 0 atom stereocenters. The van der Waals surface area contributed by atoms with E-state index in [9.17, 15) is 21.6 Å². The van der Waals surface area contributed by atoms with Gasteiger partial charge in [0.2, 0.25) is 15.8 Å². The predicted octanol–water partition coefficient (Wildman–Crippen LogP) is 2.11. The fourth-order valence-electron chi connectivity index (χ4n) is 2.17. The zero-order chi connectivity index (χ0) is 16.7. The lowest BCUT2D eigenvalue weighted by atomic mass is 10.2. The van der Waals surface area contributed by atoms with Crippen molar-refractivity contribution in [2.75, 3.05) is 6.61 Å². The van der Waals surface area contributed by atoms with Crippen LogP contribution >= 0.6 is 0 Å². The second-order valence-corrected chi connectivity index (χ2v) is 6.58. The number of halogens is 3. The minimum Gasteiger partial charge on any atom is -0.492 e. The van der Waals surface area contributed by atoms with Crippen molar-refractivity contribution in [1.82, 2.24) is 9.88 Å². The third-order valence-corrected chi connectivity index (χ3v) is 4.67. The van der Waals surface area contributed by atoms with E-state index in [1.54, 1.807) is 12.1 Å². The van der Waals surface area contributed by atoms with Crippen LogP contribution in [0.3, 0.4) is 0 Å². The lowest BCUT2D eigenvalue weighted by Crippen LogP contribution is -2.23.